The molecule has 24 heavy (non-hydrogen) atoms. The van der Waals surface area contributed by atoms with Crippen molar-refractivity contribution in [3.05, 3.63) is 22.2 Å². The zero-order valence-corrected chi connectivity index (χ0v) is 15.8. The number of carbonyl (C=O) groups is 1. The number of thiophene rings is 1. The highest BCUT2D eigenvalue weighted by atomic mass is 32.1. The van der Waals surface area contributed by atoms with Gasteiger partial charge in [0.2, 0.25) is 0 Å². The van der Waals surface area contributed by atoms with E-state index in [4.69, 9.17) is 0 Å². The monoisotopic (exact) mass is 348 g/mol. The third-order valence-corrected chi connectivity index (χ3v) is 5.79. The summed E-state index contributed by atoms with van der Waals surface area (Å²) in [5, 5.41) is 2.98. The van der Waals surface area contributed by atoms with Gasteiger partial charge in [0.25, 0.3) is 5.91 Å². The molecule has 0 aliphatic carbocycles. The molecule has 1 fully saturated rings. The lowest BCUT2D eigenvalue weighted by atomic mass is 10.1. The summed E-state index contributed by atoms with van der Waals surface area (Å²) >= 11 is 1.79. The average molecular weight is 349 g/mol. The van der Waals surface area contributed by atoms with E-state index in [0.29, 0.717) is 12.2 Å². The maximum Gasteiger partial charge on any atom is 0.267 e. The van der Waals surface area contributed by atoms with Crippen LogP contribution in [0.3, 0.4) is 0 Å². The zero-order valence-electron chi connectivity index (χ0n) is 14.9. The lowest BCUT2D eigenvalue weighted by Gasteiger charge is -2.26. The number of amides is 1. The standard InChI is InChI=1S/C18H28N4OS/c1-13-14(12-22-8-5-4-6-9-22)17-16(24-13)11-15(20-17)18(23)19-7-10-21(2)3/h11,20H,4-10,12H2,1-3H3,(H,19,23). The highest BCUT2D eigenvalue weighted by molar-refractivity contribution is 7.19. The molecule has 1 aliphatic rings. The van der Waals surface area contributed by atoms with E-state index in [1.165, 1.54) is 47.5 Å². The van der Waals surface area contributed by atoms with Crippen LogP contribution in [0.15, 0.2) is 6.07 Å². The van der Waals surface area contributed by atoms with Crippen molar-refractivity contribution in [2.24, 2.45) is 0 Å². The Hall–Kier alpha value is -1.37. The smallest absolute Gasteiger partial charge is 0.267 e. The number of nitrogens with one attached hydrogen (secondary N) is 2. The van der Waals surface area contributed by atoms with Crippen LogP contribution in [0.2, 0.25) is 0 Å². The number of hydrogen-bond donors (Lipinski definition) is 2. The van der Waals surface area contributed by atoms with Crippen molar-refractivity contribution >= 4 is 27.5 Å². The van der Waals surface area contributed by atoms with Crippen LogP contribution in [0.5, 0.6) is 0 Å². The number of fused-ring (bicyclic) bond motifs is 1. The van der Waals surface area contributed by atoms with Gasteiger partial charge in [0.1, 0.15) is 5.69 Å². The molecule has 3 rings (SSSR count). The topological polar surface area (TPSA) is 51.4 Å². The predicted molar refractivity (Wildman–Crippen MR) is 101 cm³/mol. The van der Waals surface area contributed by atoms with E-state index in [-0.39, 0.29) is 5.91 Å². The van der Waals surface area contributed by atoms with Crippen LogP contribution in [-0.2, 0) is 6.54 Å². The molecule has 0 atom stereocenters. The fraction of sp³-hybridized carbons (Fsp3) is 0.611. The van der Waals surface area contributed by atoms with Crippen molar-refractivity contribution in [2.75, 3.05) is 40.3 Å². The molecule has 0 spiro atoms. The Kier molecular flexibility index (Phi) is 5.58. The number of aromatic amines is 1. The molecule has 1 amide bonds. The van der Waals surface area contributed by atoms with Crippen LogP contribution < -0.4 is 5.32 Å². The molecule has 0 unspecified atom stereocenters. The van der Waals surface area contributed by atoms with Gasteiger partial charge in [-0.1, -0.05) is 6.42 Å². The summed E-state index contributed by atoms with van der Waals surface area (Å²) in [5.41, 5.74) is 3.19. The minimum Gasteiger partial charge on any atom is -0.350 e. The third-order valence-electron chi connectivity index (χ3n) is 4.69. The number of likely N-dealkylation sites (tertiary alicyclic amines) is 1. The first-order valence-corrected chi connectivity index (χ1v) is 9.62. The van der Waals surface area contributed by atoms with Crippen LogP contribution in [-0.4, -0.2) is 61.0 Å². The predicted octanol–water partition coefficient (Wildman–Crippen LogP) is 2.82. The first-order chi connectivity index (χ1) is 11.5. The molecule has 1 aliphatic heterocycles. The van der Waals surface area contributed by atoms with Crippen molar-refractivity contribution in [2.45, 2.75) is 32.7 Å². The first kappa shape index (κ1) is 17.5. The number of likely N-dealkylation sites (N-methyl/N-ethyl adjacent to an activating group) is 1. The van der Waals surface area contributed by atoms with E-state index >= 15 is 0 Å². The van der Waals surface area contributed by atoms with Gasteiger partial charge in [-0.3, -0.25) is 9.69 Å². The van der Waals surface area contributed by atoms with Gasteiger partial charge in [0.15, 0.2) is 0 Å². The van der Waals surface area contributed by atoms with Gasteiger partial charge in [0.05, 0.1) is 10.2 Å². The summed E-state index contributed by atoms with van der Waals surface area (Å²) < 4.78 is 1.19. The maximum absolute atomic E-state index is 12.3. The van der Waals surface area contributed by atoms with Gasteiger partial charge in [-0.15, -0.1) is 11.3 Å². The fourth-order valence-electron chi connectivity index (χ4n) is 3.28. The number of carbonyl (C=O) groups excluding carboxylic acids is 1. The SMILES string of the molecule is Cc1sc2cc(C(=O)NCCN(C)C)[nH]c2c1CN1CCCCC1. The minimum absolute atomic E-state index is 0.0122. The normalized spacial score (nSPS) is 16.2. The molecule has 132 valence electrons. The van der Waals surface area contributed by atoms with E-state index in [0.717, 1.165) is 18.6 Å². The molecule has 6 heteroatoms. The van der Waals surface area contributed by atoms with E-state index in [2.05, 4.69) is 27.0 Å². The average Bonchev–Trinajstić information content (AvgIpc) is 3.07. The molecule has 0 bridgehead atoms. The number of nitrogens with zero attached hydrogens (tertiary/aromatic N) is 2. The number of H-pyrrole nitrogens is 1. The van der Waals surface area contributed by atoms with Gasteiger partial charge in [-0.05, 0) is 53.0 Å². The summed E-state index contributed by atoms with van der Waals surface area (Å²) in [6, 6.07) is 2.00. The Balaban J connectivity index is 1.72. The van der Waals surface area contributed by atoms with Crippen molar-refractivity contribution in [1.29, 1.82) is 0 Å². The Morgan fingerprint density at radius 3 is 2.79 bits per heavy atom. The molecule has 0 saturated carbocycles. The Morgan fingerprint density at radius 2 is 2.08 bits per heavy atom. The molecule has 2 aromatic rings. The van der Waals surface area contributed by atoms with Gasteiger partial charge >= 0.3 is 0 Å². The van der Waals surface area contributed by atoms with Gasteiger partial charge in [-0.25, -0.2) is 0 Å². The largest absolute Gasteiger partial charge is 0.350 e. The van der Waals surface area contributed by atoms with E-state index in [1.54, 1.807) is 11.3 Å². The van der Waals surface area contributed by atoms with Gasteiger partial charge < -0.3 is 15.2 Å². The first-order valence-electron chi connectivity index (χ1n) is 8.81. The van der Waals surface area contributed by atoms with Crippen molar-refractivity contribution in [3.63, 3.8) is 0 Å². The number of aromatic nitrogens is 1. The summed E-state index contributed by atoms with van der Waals surface area (Å²) in [6.07, 6.45) is 3.96. The maximum atomic E-state index is 12.3. The van der Waals surface area contributed by atoms with Crippen LogP contribution in [0, 0.1) is 6.92 Å². The lowest BCUT2D eigenvalue weighted by molar-refractivity contribution is 0.0947. The second-order valence-corrected chi connectivity index (χ2v) is 8.21. The molecule has 3 heterocycles. The second kappa shape index (κ2) is 7.68. The lowest BCUT2D eigenvalue weighted by Crippen LogP contribution is -2.31. The van der Waals surface area contributed by atoms with Crippen molar-refractivity contribution in [3.8, 4) is 0 Å². The summed E-state index contributed by atoms with van der Waals surface area (Å²) in [6.45, 7) is 7.08. The molecule has 2 N–H and O–H groups in total. The van der Waals surface area contributed by atoms with E-state index < -0.39 is 0 Å². The van der Waals surface area contributed by atoms with Crippen LogP contribution in [0.1, 0.15) is 40.2 Å². The summed E-state index contributed by atoms with van der Waals surface area (Å²) in [5.74, 6) is -0.0122. The number of aryl methyl sites for hydroxylation is 1. The summed E-state index contributed by atoms with van der Waals surface area (Å²) in [4.78, 5) is 21.6. The van der Waals surface area contributed by atoms with Crippen molar-refractivity contribution < 1.29 is 4.79 Å². The molecule has 5 nitrogen and oxygen atoms in total. The molecular weight excluding hydrogens is 320 g/mol. The number of rotatable bonds is 6. The fourth-order valence-corrected chi connectivity index (χ4v) is 4.36. The van der Waals surface area contributed by atoms with Crippen LogP contribution in [0.4, 0.5) is 0 Å². The second-order valence-electron chi connectivity index (χ2n) is 6.96. The minimum atomic E-state index is -0.0122. The summed E-state index contributed by atoms with van der Waals surface area (Å²) in [7, 11) is 4.01. The molecular formula is C18H28N4OS. The number of hydrogen-bond acceptors (Lipinski definition) is 4. The number of piperidine rings is 1. The molecule has 2 aromatic heterocycles. The van der Waals surface area contributed by atoms with E-state index in [9.17, 15) is 4.79 Å². The van der Waals surface area contributed by atoms with Crippen molar-refractivity contribution in [1.82, 2.24) is 20.1 Å². The highest BCUT2D eigenvalue weighted by Gasteiger charge is 2.18. The Labute approximate surface area is 148 Å². The molecule has 0 radical (unpaired) electrons. The molecule has 1 saturated heterocycles. The molecule has 0 aromatic carbocycles. The Morgan fingerprint density at radius 1 is 1.33 bits per heavy atom. The van der Waals surface area contributed by atoms with E-state index in [1.807, 2.05) is 20.2 Å². The quantitative estimate of drug-likeness (QED) is 0.844. The van der Waals surface area contributed by atoms with Gasteiger partial charge in [0, 0.05) is 30.1 Å². The van der Waals surface area contributed by atoms with Crippen LogP contribution >= 0.6 is 11.3 Å². The Bertz CT molecular complexity index is 697. The van der Waals surface area contributed by atoms with Gasteiger partial charge in [-0.2, -0.15) is 0 Å². The zero-order chi connectivity index (χ0) is 17.1. The highest BCUT2D eigenvalue weighted by Crippen LogP contribution is 2.32. The third kappa shape index (κ3) is 3.99. The van der Waals surface area contributed by atoms with Crippen LogP contribution in [0.25, 0.3) is 10.2 Å².